The summed E-state index contributed by atoms with van der Waals surface area (Å²) in [5, 5.41) is 6.01. The van der Waals surface area contributed by atoms with Gasteiger partial charge in [-0.15, -0.1) is 0 Å². The van der Waals surface area contributed by atoms with E-state index in [1.165, 1.54) is 18.7 Å². The maximum absolute atomic E-state index is 12.0. The summed E-state index contributed by atoms with van der Waals surface area (Å²) < 4.78 is 4.12. The quantitative estimate of drug-likeness (QED) is 0.567. The van der Waals surface area contributed by atoms with Crippen LogP contribution in [0.4, 0.5) is 15.6 Å². The van der Waals surface area contributed by atoms with Gasteiger partial charge >= 0.3 is 6.03 Å². The molecular formula is C17H20N4O3S2. The van der Waals surface area contributed by atoms with Crippen molar-refractivity contribution in [1.82, 2.24) is 9.36 Å². The molecule has 0 aliphatic heterocycles. The number of hydrogen-bond donors (Lipinski definition) is 2. The van der Waals surface area contributed by atoms with Gasteiger partial charge in [0.15, 0.2) is 5.78 Å². The number of urea groups is 1. The van der Waals surface area contributed by atoms with Gasteiger partial charge in [-0.3, -0.25) is 14.9 Å². The van der Waals surface area contributed by atoms with Crippen LogP contribution in [0, 0.1) is 5.41 Å². The lowest BCUT2D eigenvalue weighted by atomic mass is 9.92. The molecule has 9 heteroatoms. The number of hydrogen-bond acceptors (Lipinski definition) is 7. The first kappa shape index (κ1) is 20.1. The molecule has 138 valence electrons. The van der Waals surface area contributed by atoms with Crippen LogP contribution in [-0.4, -0.2) is 32.7 Å². The second kappa shape index (κ2) is 8.41. The van der Waals surface area contributed by atoms with E-state index in [1.807, 2.05) is 20.8 Å². The zero-order chi connectivity index (χ0) is 19.3. The maximum atomic E-state index is 12.0. The van der Waals surface area contributed by atoms with Crippen molar-refractivity contribution in [1.29, 1.82) is 0 Å². The lowest BCUT2D eigenvalue weighted by Crippen LogP contribution is -2.22. The van der Waals surface area contributed by atoms with Crippen LogP contribution in [0.5, 0.6) is 0 Å². The number of carbonyl (C=O) groups excluding carboxylic acids is 3. The molecule has 0 saturated heterocycles. The number of carbonyl (C=O) groups is 3. The number of Topliss-reactive ketones (excluding diaryl/α,β-unsaturated/α-hetero) is 2. The van der Waals surface area contributed by atoms with Gasteiger partial charge in [-0.1, -0.05) is 44.7 Å². The Hall–Kier alpha value is -2.26. The number of nitrogens with zero attached hydrogens (tertiary/aromatic N) is 2. The van der Waals surface area contributed by atoms with Crippen LogP contribution in [-0.2, 0) is 4.79 Å². The van der Waals surface area contributed by atoms with Gasteiger partial charge in [0.1, 0.15) is 5.78 Å². The number of nitrogens with one attached hydrogen (secondary N) is 2. The van der Waals surface area contributed by atoms with E-state index >= 15 is 0 Å². The van der Waals surface area contributed by atoms with E-state index in [4.69, 9.17) is 0 Å². The Bertz CT molecular complexity index is 827. The van der Waals surface area contributed by atoms with Crippen molar-refractivity contribution in [3.63, 3.8) is 0 Å². The monoisotopic (exact) mass is 392 g/mol. The van der Waals surface area contributed by atoms with Gasteiger partial charge in [-0.25, -0.2) is 4.79 Å². The largest absolute Gasteiger partial charge is 0.325 e. The Morgan fingerprint density at radius 2 is 1.92 bits per heavy atom. The molecule has 0 aliphatic rings. The average Bonchev–Trinajstić information content (AvgIpc) is 2.99. The molecule has 0 unspecified atom stereocenters. The predicted molar refractivity (Wildman–Crippen MR) is 104 cm³/mol. The fraction of sp³-hybridized carbons (Fsp3) is 0.353. The van der Waals surface area contributed by atoms with Crippen molar-refractivity contribution in [2.24, 2.45) is 5.41 Å². The minimum atomic E-state index is -0.482. The van der Waals surface area contributed by atoms with E-state index in [9.17, 15) is 14.4 Å². The van der Waals surface area contributed by atoms with Gasteiger partial charge < -0.3 is 5.32 Å². The van der Waals surface area contributed by atoms with E-state index in [0.29, 0.717) is 21.5 Å². The molecule has 1 heterocycles. The molecule has 0 bridgehead atoms. The summed E-state index contributed by atoms with van der Waals surface area (Å²) in [5.74, 6) is 0.309. The van der Waals surface area contributed by atoms with Gasteiger partial charge in [0.25, 0.3) is 0 Å². The number of amides is 2. The molecule has 0 aliphatic carbocycles. The third-order valence-corrected chi connectivity index (χ3v) is 4.92. The molecule has 7 nitrogen and oxygen atoms in total. The average molecular weight is 393 g/mol. The number of thioether (sulfide) groups is 1. The normalized spacial score (nSPS) is 11.1. The van der Waals surface area contributed by atoms with Gasteiger partial charge in [0.2, 0.25) is 10.3 Å². The topological polar surface area (TPSA) is 101 Å². The molecule has 0 fully saturated rings. The number of aromatic nitrogens is 2. The Morgan fingerprint density at radius 3 is 2.58 bits per heavy atom. The summed E-state index contributed by atoms with van der Waals surface area (Å²) in [5.41, 5.74) is 0.615. The standard InChI is InChI=1S/C17H20N4O3S2/c1-10(22)11-6-5-7-12(8-11)18-14(24)19-15-20-16(21-26-15)25-9-13(23)17(2,3)4/h5-8H,9H2,1-4H3,(H2,18,19,20,21,24). The Morgan fingerprint density at radius 1 is 1.19 bits per heavy atom. The minimum Gasteiger partial charge on any atom is -0.308 e. The van der Waals surface area contributed by atoms with E-state index in [2.05, 4.69) is 20.0 Å². The molecule has 0 atom stereocenters. The Balaban J connectivity index is 1.90. The number of ketones is 2. The molecule has 1 aromatic carbocycles. The van der Waals surface area contributed by atoms with Crippen LogP contribution < -0.4 is 10.6 Å². The van der Waals surface area contributed by atoms with Crippen LogP contribution in [0.1, 0.15) is 38.1 Å². The van der Waals surface area contributed by atoms with E-state index in [1.54, 1.807) is 24.3 Å². The molecule has 0 saturated carbocycles. The SMILES string of the molecule is CC(=O)c1cccc(NC(=O)Nc2nc(SCC(=O)C(C)(C)C)ns2)c1. The van der Waals surface area contributed by atoms with Crippen LogP contribution in [0.15, 0.2) is 29.4 Å². The minimum absolute atomic E-state index is 0.0790. The molecule has 2 rings (SSSR count). The molecular weight excluding hydrogens is 372 g/mol. The summed E-state index contributed by atoms with van der Waals surface area (Å²) in [6, 6.07) is 6.17. The highest BCUT2D eigenvalue weighted by Gasteiger charge is 2.21. The highest BCUT2D eigenvalue weighted by atomic mass is 32.2. The van der Waals surface area contributed by atoms with Gasteiger partial charge in [-0.05, 0) is 19.1 Å². The van der Waals surface area contributed by atoms with Gasteiger partial charge in [0, 0.05) is 28.2 Å². The fourth-order valence-electron chi connectivity index (χ4n) is 1.74. The number of anilines is 2. The first-order valence-electron chi connectivity index (χ1n) is 7.84. The highest BCUT2D eigenvalue weighted by molar-refractivity contribution is 7.99. The van der Waals surface area contributed by atoms with Crippen molar-refractivity contribution < 1.29 is 14.4 Å². The van der Waals surface area contributed by atoms with Crippen molar-refractivity contribution in [3.05, 3.63) is 29.8 Å². The van der Waals surface area contributed by atoms with E-state index in [0.717, 1.165) is 11.5 Å². The van der Waals surface area contributed by atoms with Crippen molar-refractivity contribution >= 4 is 51.7 Å². The van der Waals surface area contributed by atoms with Gasteiger partial charge in [-0.2, -0.15) is 9.36 Å². The molecule has 2 N–H and O–H groups in total. The summed E-state index contributed by atoms with van der Waals surface area (Å²) >= 11 is 2.28. The molecule has 2 amide bonds. The number of rotatable bonds is 6. The Kier molecular flexibility index (Phi) is 6.49. The lowest BCUT2D eigenvalue weighted by Gasteiger charge is -2.15. The third-order valence-electron chi connectivity index (χ3n) is 3.32. The van der Waals surface area contributed by atoms with Crippen molar-refractivity contribution in [3.8, 4) is 0 Å². The van der Waals surface area contributed by atoms with Gasteiger partial charge in [0.05, 0.1) is 5.75 Å². The Labute approximate surface area is 160 Å². The smallest absolute Gasteiger partial charge is 0.308 e. The second-order valence-electron chi connectivity index (χ2n) is 6.56. The van der Waals surface area contributed by atoms with Crippen LogP contribution in [0.3, 0.4) is 0 Å². The lowest BCUT2D eigenvalue weighted by molar-refractivity contribution is -0.123. The fourth-order valence-corrected chi connectivity index (χ4v) is 3.44. The summed E-state index contributed by atoms with van der Waals surface area (Å²) in [4.78, 5) is 39.5. The zero-order valence-corrected chi connectivity index (χ0v) is 16.6. The zero-order valence-electron chi connectivity index (χ0n) is 15.0. The summed E-state index contributed by atoms with van der Waals surface area (Å²) in [7, 11) is 0. The third kappa shape index (κ3) is 5.92. The first-order chi connectivity index (χ1) is 12.1. The molecule has 2 aromatic rings. The second-order valence-corrected chi connectivity index (χ2v) is 8.25. The van der Waals surface area contributed by atoms with Crippen LogP contribution in [0.2, 0.25) is 0 Å². The van der Waals surface area contributed by atoms with Crippen molar-refractivity contribution in [2.45, 2.75) is 32.9 Å². The number of benzene rings is 1. The summed E-state index contributed by atoms with van der Waals surface area (Å²) in [6.45, 7) is 7.05. The first-order valence-corrected chi connectivity index (χ1v) is 9.60. The van der Waals surface area contributed by atoms with Crippen molar-refractivity contribution in [2.75, 3.05) is 16.4 Å². The van der Waals surface area contributed by atoms with E-state index in [-0.39, 0.29) is 17.3 Å². The molecule has 0 radical (unpaired) electrons. The summed E-state index contributed by atoms with van der Waals surface area (Å²) in [6.07, 6.45) is 0. The molecule has 26 heavy (non-hydrogen) atoms. The van der Waals surface area contributed by atoms with E-state index < -0.39 is 11.4 Å². The highest BCUT2D eigenvalue weighted by Crippen LogP contribution is 2.24. The van der Waals surface area contributed by atoms with Crippen LogP contribution in [0.25, 0.3) is 0 Å². The predicted octanol–water partition coefficient (Wildman–Crippen LogP) is 4.09. The maximum Gasteiger partial charge on any atom is 0.325 e. The van der Waals surface area contributed by atoms with Crippen LogP contribution >= 0.6 is 23.3 Å². The molecule has 1 aromatic heterocycles. The molecule has 0 spiro atoms.